The van der Waals surface area contributed by atoms with E-state index >= 15 is 0 Å². The van der Waals surface area contributed by atoms with Gasteiger partial charge in [-0.1, -0.05) is 18.2 Å². The van der Waals surface area contributed by atoms with Crippen molar-refractivity contribution in [1.82, 2.24) is 4.90 Å². The Labute approximate surface area is 130 Å². The van der Waals surface area contributed by atoms with Crippen LogP contribution in [0.4, 0.5) is 0 Å². The summed E-state index contributed by atoms with van der Waals surface area (Å²) in [4.78, 5) is 13.2. The number of carboxylic acids is 1. The first-order valence-corrected chi connectivity index (χ1v) is 7.88. The number of para-hydroxylation sites is 1. The van der Waals surface area contributed by atoms with Crippen LogP contribution < -0.4 is 4.74 Å². The second-order valence-corrected chi connectivity index (χ2v) is 6.18. The molecule has 2 atom stereocenters. The summed E-state index contributed by atoms with van der Waals surface area (Å²) in [5.41, 5.74) is 1.07. The second kappa shape index (κ2) is 6.67. The molecule has 0 amide bonds. The van der Waals surface area contributed by atoms with Crippen molar-refractivity contribution in [1.29, 1.82) is 0 Å². The lowest BCUT2D eigenvalue weighted by molar-refractivity contribution is -0.139. The van der Waals surface area contributed by atoms with Gasteiger partial charge in [0.25, 0.3) is 0 Å². The van der Waals surface area contributed by atoms with Crippen molar-refractivity contribution in [2.45, 2.75) is 50.4 Å². The molecule has 0 radical (unpaired) electrons. The highest BCUT2D eigenvalue weighted by Crippen LogP contribution is 2.38. The van der Waals surface area contributed by atoms with Crippen LogP contribution in [0.15, 0.2) is 24.3 Å². The van der Waals surface area contributed by atoms with E-state index in [4.69, 9.17) is 14.6 Å². The van der Waals surface area contributed by atoms with Gasteiger partial charge >= 0.3 is 5.97 Å². The summed E-state index contributed by atoms with van der Waals surface area (Å²) in [5, 5.41) is 8.79. The molecule has 0 spiro atoms. The van der Waals surface area contributed by atoms with Crippen LogP contribution in [0.25, 0.3) is 0 Å². The Morgan fingerprint density at radius 3 is 2.59 bits per heavy atom. The number of benzene rings is 1. The zero-order valence-corrected chi connectivity index (χ0v) is 12.9. The van der Waals surface area contributed by atoms with Crippen molar-refractivity contribution in [3.63, 3.8) is 0 Å². The van der Waals surface area contributed by atoms with Gasteiger partial charge in [0.2, 0.25) is 0 Å². The molecule has 2 saturated heterocycles. The molecule has 0 aromatic heterocycles. The van der Waals surface area contributed by atoms with Crippen molar-refractivity contribution >= 4 is 5.97 Å². The number of hydrogen-bond donors (Lipinski definition) is 1. The molecule has 2 bridgehead atoms. The van der Waals surface area contributed by atoms with Gasteiger partial charge in [0.15, 0.2) is 6.61 Å². The van der Waals surface area contributed by atoms with Crippen LogP contribution >= 0.6 is 0 Å². The summed E-state index contributed by atoms with van der Waals surface area (Å²) in [6, 6.07) is 8.87. The van der Waals surface area contributed by atoms with Crippen LogP contribution in [0.3, 0.4) is 0 Å². The molecular weight excluding hydrogens is 282 g/mol. The van der Waals surface area contributed by atoms with Crippen LogP contribution in [0, 0.1) is 0 Å². The molecule has 1 N–H and O–H groups in total. The molecule has 0 saturated carbocycles. The van der Waals surface area contributed by atoms with E-state index in [-0.39, 0.29) is 6.61 Å². The number of piperidine rings is 1. The average Bonchev–Trinajstić information content (AvgIpc) is 2.75. The molecule has 22 heavy (non-hydrogen) atoms. The van der Waals surface area contributed by atoms with Crippen molar-refractivity contribution in [2.24, 2.45) is 0 Å². The molecular formula is C17H23NO4. The largest absolute Gasteiger partial charge is 0.482 e. The van der Waals surface area contributed by atoms with Crippen molar-refractivity contribution in [3.8, 4) is 5.75 Å². The fourth-order valence-electron chi connectivity index (χ4n) is 3.79. The molecule has 1 aromatic rings. The average molecular weight is 305 g/mol. The highest BCUT2D eigenvalue weighted by Gasteiger charge is 2.40. The first-order valence-electron chi connectivity index (χ1n) is 7.88. The number of nitrogens with zero attached hydrogens (tertiary/aromatic N) is 1. The van der Waals surface area contributed by atoms with E-state index < -0.39 is 5.97 Å². The molecule has 0 aliphatic carbocycles. The molecule has 3 rings (SSSR count). The Bertz CT molecular complexity index is 519. The lowest BCUT2D eigenvalue weighted by atomic mass is 9.98. The number of fused-ring (bicyclic) bond motifs is 2. The number of methoxy groups -OCH3 is 1. The predicted octanol–water partition coefficient (Wildman–Crippen LogP) is 2.29. The maximum Gasteiger partial charge on any atom is 0.341 e. The number of carboxylic acid groups (broad SMARTS) is 1. The van der Waals surface area contributed by atoms with Gasteiger partial charge in [-0.05, 0) is 31.7 Å². The second-order valence-electron chi connectivity index (χ2n) is 6.18. The van der Waals surface area contributed by atoms with Gasteiger partial charge in [-0.3, -0.25) is 4.90 Å². The van der Waals surface area contributed by atoms with Crippen LogP contribution in [0.5, 0.6) is 5.75 Å². The third kappa shape index (κ3) is 3.25. The van der Waals surface area contributed by atoms with E-state index in [1.54, 1.807) is 7.11 Å². The first kappa shape index (κ1) is 15.3. The summed E-state index contributed by atoms with van der Waals surface area (Å²) in [6.07, 6.45) is 5.01. The Hall–Kier alpha value is -1.59. The summed E-state index contributed by atoms with van der Waals surface area (Å²) in [6.45, 7) is 0.525. The van der Waals surface area contributed by atoms with Gasteiger partial charge < -0.3 is 14.6 Å². The van der Waals surface area contributed by atoms with Gasteiger partial charge in [-0.15, -0.1) is 0 Å². The smallest absolute Gasteiger partial charge is 0.341 e. The molecule has 5 heteroatoms. The molecule has 1 aromatic carbocycles. The summed E-state index contributed by atoms with van der Waals surface area (Å²) < 4.78 is 11.0. The third-order valence-electron chi connectivity index (χ3n) is 4.85. The fraction of sp³-hybridized carbons (Fsp3) is 0.588. The van der Waals surface area contributed by atoms with E-state index in [9.17, 15) is 4.79 Å². The van der Waals surface area contributed by atoms with Crippen LogP contribution in [-0.4, -0.2) is 47.9 Å². The minimum Gasteiger partial charge on any atom is -0.482 e. The zero-order chi connectivity index (χ0) is 15.5. The van der Waals surface area contributed by atoms with Gasteiger partial charge in [-0.25, -0.2) is 4.79 Å². The standard InChI is InChI=1S/C17H23NO4/c1-21-15-8-13-6-7-14(9-15)18(13)10-12-4-2-3-5-16(12)22-11-17(19)20/h2-5,13-15H,6-11H2,1H3,(H,19,20). The Morgan fingerprint density at radius 1 is 1.27 bits per heavy atom. The van der Waals surface area contributed by atoms with Crippen LogP contribution in [0.1, 0.15) is 31.2 Å². The zero-order valence-electron chi connectivity index (χ0n) is 12.9. The lowest BCUT2D eigenvalue weighted by Gasteiger charge is -2.38. The van der Waals surface area contributed by atoms with Crippen molar-refractivity contribution < 1.29 is 19.4 Å². The van der Waals surface area contributed by atoms with Crippen molar-refractivity contribution in [2.75, 3.05) is 13.7 Å². The third-order valence-corrected chi connectivity index (χ3v) is 4.85. The van der Waals surface area contributed by atoms with Gasteiger partial charge in [0.1, 0.15) is 5.75 Å². The van der Waals surface area contributed by atoms with E-state index in [0.29, 0.717) is 23.9 Å². The molecule has 2 unspecified atom stereocenters. The number of ether oxygens (including phenoxy) is 2. The van der Waals surface area contributed by atoms with Crippen LogP contribution in [-0.2, 0) is 16.1 Å². The number of rotatable bonds is 6. The topological polar surface area (TPSA) is 59.0 Å². The van der Waals surface area contributed by atoms with Gasteiger partial charge in [0.05, 0.1) is 6.10 Å². The fourth-order valence-corrected chi connectivity index (χ4v) is 3.79. The normalized spacial score (nSPS) is 27.8. The molecule has 5 nitrogen and oxygen atoms in total. The monoisotopic (exact) mass is 305 g/mol. The summed E-state index contributed by atoms with van der Waals surface area (Å²) >= 11 is 0. The highest BCUT2D eigenvalue weighted by molar-refractivity contribution is 5.68. The number of carbonyl (C=O) groups is 1. The van der Waals surface area contributed by atoms with Gasteiger partial charge in [-0.2, -0.15) is 0 Å². The van der Waals surface area contributed by atoms with E-state index in [1.165, 1.54) is 12.8 Å². The Balaban J connectivity index is 1.70. The van der Waals surface area contributed by atoms with E-state index in [0.717, 1.165) is 24.9 Å². The maximum absolute atomic E-state index is 10.7. The van der Waals surface area contributed by atoms with E-state index in [2.05, 4.69) is 4.90 Å². The SMILES string of the molecule is COC1CC2CCC(C1)N2Cc1ccccc1OCC(=O)O. The summed E-state index contributed by atoms with van der Waals surface area (Å²) in [5.74, 6) is -0.269. The predicted molar refractivity (Wildman–Crippen MR) is 82.0 cm³/mol. The lowest BCUT2D eigenvalue weighted by Crippen LogP contribution is -2.44. The van der Waals surface area contributed by atoms with Crippen LogP contribution in [0.2, 0.25) is 0 Å². The molecule has 120 valence electrons. The minimum absolute atomic E-state index is 0.296. The molecule has 2 aliphatic heterocycles. The van der Waals surface area contributed by atoms with Gasteiger partial charge in [0, 0.05) is 31.3 Å². The number of hydrogen-bond acceptors (Lipinski definition) is 4. The minimum atomic E-state index is -0.948. The highest BCUT2D eigenvalue weighted by atomic mass is 16.5. The summed E-state index contributed by atoms with van der Waals surface area (Å²) in [7, 11) is 1.80. The maximum atomic E-state index is 10.7. The quantitative estimate of drug-likeness (QED) is 0.874. The molecule has 2 aliphatic rings. The molecule has 2 fully saturated rings. The first-order chi connectivity index (χ1) is 10.7. The Kier molecular flexibility index (Phi) is 4.64. The van der Waals surface area contributed by atoms with E-state index in [1.807, 2.05) is 24.3 Å². The Morgan fingerprint density at radius 2 is 1.95 bits per heavy atom. The number of aliphatic carboxylic acids is 1. The molecule has 2 heterocycles. The van der Waals surface area contributed by atoms with Crippen molar-refractivity contribution in [3.05, 3.63) is 29.8 Å².